The lowest BCUT2D eigenvalue weighted by Gasteiger charge is -2.09. The minimum atomic E-state index is -2.77. The first-order valence-corrected chi connectivity index (χ1v) is 6.68. The number of hydrogen-bond acceptors (Lipinski definition) is 6. The molecule has 2 N–H and O–H groups in total. The van der Waals surface area contributed by atoms with Crippen LogP contribution in [0.1, 0.15) is 37.8 Å². The summed E-state index contributed by atoms with van der Waals surface area (Å²) in [5.41, 5.74) is 5.86. The van der Waals surface area contributed by atoms with E-state index in [2.05, 4.69) is 20.1 Å². The monoisotopic (exact) mass is 308 g/mol. The number of alkyl halides is 2. The maximum Gasteiger partial charge on any atom is 0.282 e. The Hall–Kier alpha value is -2.42. The van der Waals surface area contributed by atoms with Gasteiger partial charge in [-0.15, -0.1) is 0 Å². The van der Waals surface area contributed by atoms with E-state index in [9.17, 15) is 8.78 Å². The first kappa shape index (κ1) is 14.5. The maximum absolute atomic E-state index is 13.2. The Kier molecular flexibility index (Phi) is 3.57. The highest BCUT2D eigenvalue weighted by atomic mass is 19.3. The van der Waals surface area contributed by atoms with Crippen LogP contribution < -0.4 is 5.73 Å². The number of halogens is 2. The quantitative estimate of drug-likeness (QED) is 0.795. The maximum atomic E-state index is 13.2. The third kappa shape index (κ3) is 2.33. The average Bonchev–Trinajstić information content (AvgIpc) is 3.10. The zero-order valence-electron chi connectivity index (χ0n) is 11.9. The molecule has 0 aliphatic rings. The summed E-state index contributed by atoms with van der Waals surface area (Å²) in [4.78, 5) is 11.9. The molecule has 0 radical (unpaired) electrons. The van der Waals surface area contributed by atoms with Crippen LogP contribution in [0.15, 0.2) is 23.1 Å². The van der Waals surface area contributed by atoms with Crippen LogP contribution in [0, 0.1) is 5.92 Å². The summed E-state index contributed by atoms with van der Waals surface area (Å²) in [5, 5.41) is 3.79. The van der Waals surface area contributed by atoms with Gasteiger partial charge in [-0.05, 0) is 5.92 Å². The van der Waals surface area contributed by atoms with Crippen molar-refractivity contribution in [1.82, 2.24) is 24.5 Å². The van der Waals surface area contributed by atoms with Gasteiger partial charge in [-0.3, -0.25) is 9.38 Å². The van der Waals surface area contributed by atoms with E-state index in [4.69, 9.17) is 10.3 Å². The second-order valence-corrected chi connectivity index (χ2v) is 5.18. The predicted molar refractivity (Wildman–Crippen MR) is 73.0 cm³/mol. The molecule has 0 spiro atoms. The standard InChI is InChI=1S/C13H14F2N6O/c1-6(2)8(16)12-19-13(22-20-12)10-9(11(14)15)18-7-5-17-3-4-21(7)10/h3-6,8,11H,16H2,1-2H3. The van der Waals surface area contributed by atoms with Crippen molar-refractivity contribution in [2.45, 2.75) is 26.3 Å². The smallest absolute Gasteiger partial charge is 0.282 e. The summed E-state index contributed by atoms with van der Waals surface area (Å²) in [5.74, 6) is 0.320. The minimum absolute atomic E-state index is 0.0416. The van der Waals surface area contributed by atoms with E-state index in [1.165, 1.54) is 23.0 Å². The number of aromatic nitrogens is 5. The first-order chi connectivity index (χ1) is 10.5. The zero-order chi connectivity index (χ0) is 15.9. The molecule has 0 aliphatic carbocycles. The number of imidazole rings is 1. The molecule has 0 saturated heterocycles. The van der Waals surface area contributed by atoms with Crippen LogP contribution in [0.5, 0.6) is 0 Å². The molecule has 1 atom stereocenters. The second kappa shape index (κ2) is 5.41. The highest BCUT2D eigenvalue weighted by molar-refractivity contribution is 5.59. The Morgan fingerprint density at radius 1 is 1.27 bits per heavy atom. The first-order valence-electron chi connectivity index (χ1n) is 6.68. The second-order valence-electron chi connectivity index (χ2n) is 5.18. The fourth-order valence-corrected chi connectivity index (χ4v) is 2.05. The summed E-state index contributed by atoms with van der Waals surface area (Å²) in [6, 6.07) is -0.437. The van der Waals surface area contributed by atoms with Crippen molar-refractivity contribution >= 4 is 5.65 Å². The highest BCUT2D eigenvalue weighted by Crippen LogP contribution is 2.31. The van der Waals surface area contributed by atoms with E-state index in [0.29, 0.717) is 0 Å². The number of fused-ring (bicyclic) bond motifs is 1. The molecule has 3 heterocycles. The molecule has 0 bridgehead atoms. The van der Waals surface area contributed by atoms with Gasteiger partial charge in [0.2, 0.25) is 0 Å². The van der Waals surface area contributed by atoms with Crippen LogP contribution in [-0.4, -0.2) is 24.5 Å². The number of nitrogens with two attached hydrogens (primary N) is 1. The molecule has 0 aliphatic heterocycles. The van der Waals surface area contributed by atoms with Gasteiger partial charge in [0.15, 0.2) is 11.5 Å². The van der Waals surface area contributed by atoms with Gasteiger partial charge in [0.1, 0.15) is 11.4 Å². The molecule has 9 heteroatoms. The van der Waals surface area contributed by atoms with Crippen molar-refractivity contribution in [3.8, 4) is 11.6 Å². The molecule has 3 aromatic heterocycles. The third-order valence-corrected chi connectivity index (χ3v) is 3.32. The molecule has 0 fully saturated rings. The molecule has 22 heavy (non-hydrogen) atoms. The Labute approximate surface area is 124 Å². The minimum Gasteiger partial charge on any atom is -0.332 e. The van der Waals surface area contributed by atoms with E-state index in [-0.39, 0.29) is 29.0 Å². The van der Waals surface area contributed by atoms with Gasteiger partial charge in [-0.25, -0.2) is 13.8 Å². The van der Waals surface area contributed by atoms with Crippen molar-refractivity contribution in [3.05, 3.63) is 30.1 Å². The van der Waals surface area contributed by atoms with Gasteiger partial charge in [-0.1, -0.05) is 19.0 Å². The van der Waals surface area contributed by atoms with Gasteiger partial charge < -0.3 is 10.3 Å². The summed E-state index contributed by atoms with van der Waals surface area (Å²) in [7, 11) is 0. The fourth-order valence-electron chi connectivity index (χ4n) is 2.05. The lowest BCUT2D eigenvalue weighted by molar-refractivity contribution is 0.147. The van der Waals surface area contributed by atoms with Gasteiger partial charge >= 0.3 is 0 Å². The van der Waals surface area contributed by atoms with E-state index in [1.54, 1.807) is 0 Å². The van der Waals surface area contributed by atoms with Crippen LogP contribution >= 0.6 is 0 Å². The van der Waals surface area contributed by atoms with E-state index in [0.717, 1.165) is 0 Å². The molecular weight excluding hydrogens is 294 g/mol. The van der Waals surface area contributed by atoms with Gasteiger partial charge in [0.25, 0.3) is 12.3 Å². The molecule has 0 amide bonds. The van der Waals surface area contributed by atoms with Crippen molar-refractivity contribution in [1.29, 1.82) is 0 Å². The van der Waals surface area contributed by atoms with Crippen LogP contribution in [0.2, 0.25) is 0 Å². The summed E-state index contributed by atoms with van der Waals surface area (Å²) >= 11 is 0. The van der Waals surface area contributed by atoms with Gasteiger partial charge in [0.05, 0.1) is 12.2 Å². The van der Waals surface area contributed by atoms with Crippen molar-refractivity contribution < 1.29 is 13.3 Å². The fraction of sp³-hybridized carbons (Fsp3) is 0.385. The van der Waals surface area contributed by atoms with Crippen LogP contribution in [-0.2, 0) is 0 Å². The molecule has 116 valence electrons. The van der Waals surface area contributed by atoms with Gasteiger partial charge in [0, 0.05) is 12.4 Å². The lowest BCUT2D eigenvalue weighted by atomic mass is 10.1. The normalized spacial score (nSPS) is 13.4. The largest absolute Gasteiger partial charge is 0.332 e. The third-order valence-electron chi connectivity index (χ3n) is 3.32. The topological polar surface area (TPSA) is 95.1 Å². The summed E-state index contributed by atoms with van der Waals surface area (Å²) < 4.78 is 33.0. The summed E-state index contributed by atoms with van der Waals surface area (Å²) in [6.45, 7) is 3.82. The number of nitrogens with zero attached hydrogens (tertiary/aromatic N) is 5. The van der Waals surface area contributed by atoms with Crippen molar-refractivity contribution in [2.75, 3.05) is 0 Å². The molecule has 0 saturated carbocycles. The van der Waals surface area contributed by atoms with E-state index in [1.807, 2.05) is 13.8 Å². The number of hydrogen-bond donors (Lipinski definition) is 1. The summed E-state index contributed by atoms with van der Waals surface area (Å²) in [6.07, 6.45) is 1.58. The molecule has 3 rings (SSSR count). The molecular formula is C13H14F2N6O. The molecule has 7 nitrogen and oxygen atoms in total. The Bertz CT molecular complexity index is 797. The SMILES string of the molecule is CC(C)C(N)c1noc(-c2c(C(F)F)nc3cnccn23)n1. The predicted octanol–water partition coefficient (Wildman–Crippen LogP) is 2.37. The molecule has 3 aromatic rings. The molecule has 0 aromatic carbocycles. The Morgan fingerprint density at radius 2 is 2.05 bits per heavy atom. The van der Waals surface area contributed by atoms with Crippen LogP contribution in [0.3, 0.4) is 0 Å². The highest BCUT2D eigenvalue weighted by Gasteiger charge is 2.27. The Balaban J connectivity index is 2.15. The van der Waals surface area contributed by atoms with Gasteiger partial charge in [-0.2, -0.15) is 4.98 Å². The average molecular weight is 308 g/mol. The van der Waals surface area contributed by atoms with Crippen LogP contribution in [0.25, 0.3) is 17.2 Å². The van der Waals surface area contributed by atoms with E-state index < -0.39 is 18.2 Å². The Morgan fingerprint density at radius 3 is 2.73 bits per heavy atom. The van der Waals surface area contributed by atoms with Crippen molar-refractivity contribution in [3.63, 3.8) is 0 Å². The van der Waals surface area contributed by atoms with E-state index >= 15 is 0 Å². The molecule has 1 unspecified atom stereocenters. The zero-order valence-corrected chi connectivity index (χ0v) is 11.9. The van der Waals surface area contributed by atoms with Crippen LogP contribution in [0.4, 0.5) is 8.78 Å². The van der Waals surface area contributed by atoms with Crippen molar-refractivity contribution in [2.24, 2.45) is 11.7 Å². The lowest BCUT2D eigenvalue weighted by Crippen LogP contribution is -2.18. The number of rotatable bonds is 4.